The summed E-state index contributed by atoms with van der Waals surface area (Å²) < 4.78 is 0. The van der Waals surface area contributed by atoms with E-state index in [0.29, 0.717) is 5.92 Å². The zero-order valence-corrected chi connectivity index (χ0v) is 9.58. The monoisotopic (exact) mass is 210 g/mol. The van der Waals surface area contributed by atoms with Crippen LogP contribution in [0.25, 0.3) is 0 Å². The normalized spacial score (nSPS) is 35.3. The van der Waals surface area contributed by atoms with Gasteiger partial charge in [-0.05, 0) is 57.3 Å². The van der Waals surface area contributed by atoms with Gasteiger partial charge in [-0.2, -0.15) is 0 Å². The van der Waals surface area contributed by atoms with Crippen molar-refractivity contribution in [2.75, 3.05) is 6.61 Å². The van der Waals surface area contributed by atoms with Gasteiger partial charge in [-0.1, -0.05) is 11.6 Å². The van der Waals surface area contributed by atoms with Gasteiger partial charge in [0.1, 0.15) is 0 Å². The highest BCUT2D eigenvalue weighted by atomic mass is 16.3. The van der Waals surface area contributed by atoms with Crippen molar-refractivity contribution in [2.24, 2.45) is 11.8 Å². The van der Waals surface area contributed by atoms with Crippen LogP contribution in [0.1, 0.15) is 45.4 Å². The molecule has 2 heteroatoms. The average molecular weight is 210 g/mol. The molecule has 0 heterocycles. The highest BCUT2D eigenvalue weighted by Gasteiger charge is 2.37. The molecule has 0 aromatic rings. The fraction of sp³-hybridized carbons (Fsp3) is 0.846. The zero-order valence-electron chi connectivity index (χ0n) is 9.58. The first-order chi connectivity index (χ1) is 7.13. The first-order valence-electron chi connectivity index (χ1n) is 6.15. The second-order valence-corrected chi connectivity index (χ2v) is 5.39. The van der Waals surface area contributed by atoms with Crippen molar-refractivity contribution in [3.63, 3.8) is 0 Å². The van der Waals surface area contributed by atoms with Crippen molar-refractivity contribution < 1.29 is 10.2 Å². The Balaban J connectivity index is 2.03. The number of fused-ring (bicyclic) bond motifs is 1. The Hall–Kier alpha value is -0.340. The molecule has 0 bridgehead atoms. The fourth-order valence-corrected chi connectivity index (χ4v) is 3.08. The van der Waals surface area contributed by atoms with E-state index < -0.39 is 5.60 Å². The van der Waals surface area contributed by atoms with Gasteiger partial charge in [-0.25, -0.2) is 0 Å². The maximum atomic E-state index is 10.1. The third-order valence-corrected chi connectivity index (χ3v) is 4.24. The third kappa shape index (κ3) is 2.26. The van der Waals surface area contributed by atoms with Crippen LogP contribution in [0.2, 0.25) is 0 Å². The molecule has 0 aromatic carbocycles. The second kappa shape index (κ2) is 4.26. The molecule has 86 valence electrons. The summed E-state index contributed by atoms with van der Waals surface area (Å²) in [5.41, 5.74) is 0.745. The maximum Gasteiger partial charge on any atom is 0.0877 e. The van der Waals surface area contributed by atoms with E-state index in [-0.39, 0.29) is 12.5 Å². The zero-order chi connectivity index (χ0) is 10.9. The fourth-order valence-electron chi connectivity index (χ4n) is 3.08. The molecule has 0 radical (unpaired) electrons. The number of rotatable bonds is 2. The Bertz CT molecular complexity index is 255. The Labute approximate surface area is 92.0 Å². The Kier molecular flexibility index (Phi) is 3.17. The summed E-state index contributed by atoms with van der Waals surface area (Å²) in [6.07, 6.45) is 9.46. The van der Waals surface area contributed by atoms with E-state index in [1.807, 2.05) is 0 Å². The Morgan fingerprint density at radius 2 is 2.27 bits per heavy atom. The van der Waals surface area contributed by atoms with Crippen LogP contribution in [0.5, 0.6) is 0 Å². The van der Waals surface area contributed by atoms with Gasteiger partial charge in [-0.3, -0.25) is 0 Å². The quantitative estimate of drug-likeness (QED) is 0.686. The van der Waals surface area contributed by atoms with Crippen molar-refractivity contribution >= 4 is 0 Å². The minimum Gasteiger partial charge on any atom is -0.393 e. The van der Waals surface area contributed by atoms with Gasteiger partial charge in [-0.15, -0.1) is 0 Å². The summed E-state index contributed by atoms with van der Waals surface area (Å²) in [5.74, 6) is 0.971. The lowest BCUT2D eigenvalue weighted by Crippen LogP contribution is -2.41. The van der Waals surface area contributed by atoms with Gasteiger partial charge in [0.15, 0.2) is 0 Å². The van der Waals surface area contributed by atoms with Gasteiger partial charge >= 0.3 is 0 Å². The van der Waals surface area contributed by atoms with Crippen LogP contribution in [-0.4, -0.2) is 22.4 Å². The largest absolute Gasteiger partial charge is 0.393 e. The van der Waals surface area contributed by atoms with Crippen LogP contribution in [-0.2, 0) is 0 Å². The molecule has 3 unspecified atom stereocenters. The van der Waals surface area contributed by atoms with E-state index in [1.54, 1.807) is 12.5 Å². The Morgan fingerprint density at radius 1 is 1.47 bits per heavy atom. The van der Waals surface area contributed by atoms with Crippen molar-refractivity contribution in [1.29, 1.82) is 0 Å². The van der Waals surface area contributed by atoms with Crippen LogP contribution < -0.4 is 0 Å². The standard InChI is InChI=1S/C13H22O2/c1-13(15,9-14)12-7-6-10-4-2-3-5-11(10)8-12/h4,11-12,14-15H,2-3,5-9H2,1H3. The van der Waals surface area contributed by atoms with Gasteiger partial charge in [0.2, 0.25) is 0 Å². The molecule has 2 nitrogen and oxygen atoms in total. The molecule has 0 aromatic heterocycles. The van der Waals surface area contributed by atoms with Crippen LogP contribution in [0.15, 0.2) is 11.6 Å². The summed E-state index contributed by atoms with van der Waals surface area (Å²) in [5, 5.41) is 19.2. The second-order valence-electron chi connectivity index (χ2n) is 5.39. The molecular formula is C13H22O2. The van der Waals surface area contributed by atoms with Crippen molar-refractivity contribution in [1.82, 2.24) is 0 Å². The summed E-state index contributed by atoms with van der Waals surface area (Å²) >= 11 is 0. The van der Waals surface area contributed by atoms with E-state index in [2.05, 4.69) is 6.08 Å². The molecule has 2 N–H and O–H groups in total. The summed E-state index contributed by atoms with van der Waals surface area (Å²) in [6.45, 7) is 1.67. The number of hydrogen-bond acceptors (Lipinski definition) is 2. The van der Waals surface area contributed by atoms with Crippen LogP contribution >= 0.6 is 0 Å². The lowest BCUT2D eigenvalue weighted by atomic mass is 9.68. The average Bonchev–Trinajstić information content (AvgIpc) is 2.28. The number of aliphatic hydroxyl groups excluding tert-OH is 1. The van der Waals surface area contributed by atoms with Crippen molar-refractivity contribution in [3.05, 3.63) is 11.6 Å². The van der Waals surface area contributed by atoms with Crippen LogP contribution in [0.3, 0.4) is 0 Å². The van der Waals surface area contributed by atoms with E-state index in [0.717, 1.165) is 19.3 Å². The minimum absolute atomic E-state index is 0.108. The Morgan fingerprint density at radius 3 is 3.00 bits per heavy atom. The predicted octanol–water partition coefficient (Wildman–Crippen LogP) is 2.26. The van der Waals surface area contributed by atoms with Gasteiger partial charge in [0.25, 0.3) is 0 Å². The molecule has 15 heavy (non-hydrogen) atoms. The number of aliphatic hydroxyl groups is 2. The first kappa shape index (κ1) is 11.2. The molecule has 0 saturated heterocycles. The van der Waals surface area contributed by atoms with Gasteiger partial charge in [0, 0.05) is 0 Å². The minimum atomic E-state index is -0.872. The number of hydrogen-bond donors (Lipinski definition) is 2. The maximum absolute atomic E-state index is 10.1. The molecule has 0 aliphatic heterocycles. The van der Waals surface area contributed by atoms with Crippen molar-refractivity contribution in [2.45, 2.75) is 51.0 Å². The molecule has 3 atom stereocenters. The molecule has 0 spiro atoms. The van der Waals surface area contributed by atoms with Crippen LogP contribution in [0, 0.1) is 11.8 Å². The van der Waals surface area contributed by atoms with Crippen LogP contribution in [0.4, 0.5) is 0 Å². The van der Waals surface area contributed by atoms with Gasteiger partial charge < -0.3 is 10.2 Å². The molecule has 1 fully saturated rings. The predicted molar refractivity (Wildman–Crippen MR) is 60.5 cm³/mol. The van der Waals surface area contributed by atoms with E-state index in [4.69, 9.17) is 0 Å². The summed E-state index contributed by atoms with van der Waals surface area (Å²) in [4.78, 5) is 0. The highest BCUT2D eigenvalue weighted by molar-refractivity contribution is 5.14. The molecule has 0 amide bonds. The topological polar surface area (TPSA) is 40.5 Å². The smallest absolute Gasteiger partial charge is 0.0877 e. The molecule has 2 aliphatic rings. The SMILES string of the molecule is CC(O)(CO)C1CCC2=CCCCC2C1. The first-order valence-corrected chi connectivity index (χ1v) is 6.15. The van der Waals surface area contributed by atoms with Gasteiger partial charge in [0.05, 0.1) is 12.2 Å². The molecule has 2 aliphatic carbocycles. The molecule has 1 saturated carbocycles. The van der Waals surface area contributed by atoms with Crippen molar-refractivity contribution in [3.8, 4) is 0 Å². The lowest BCUT2D eigenvalue weighted by molar-refractivity contribution is -0.0602. The third-order valence-electron chi connectivity index (χ3n) is 4.24. The highest BCUT2D eigenvalue weighted by Crippen LogP contribution is 2.42. The lowest BCUT2D eigenvalue weighted by Gasteiger charge is -2.40. The molecule has 2 rings (SSSR count). The summed E-state index contributed by atoms with van der Waals surface area (Å²) in [7, 11) is 0. The molecular weight excluding hydrogens is 188 g/mol. The van der Waals surface area contributed by atoms with E-state index in [1.165, 1.54) is 19.3 Å². The number of allylic oxidation sites excluding steroid dienone is 2. The van der Waals surface area contributed by atoms with E-state index in [9.17, 15) is 10.2 Å². The summed E-state index contributed by atoms with van der Waals surface area (Å²) in [6, 6.07) is 0. The van der Waals surface area contributed by atoms with E-state index >= 15 is 0 Å².